The smallest absolute Gasteiger partial charge is 0.340 e. The number of pyridine rings is 1. The van der Waals surface area contributed by atoms with E-state index < -0.39 is 11.9 Å². The van der Waals surface area contributed by atoms with Gasteiger partial charge >= 0.3 is 5.97 Å². The molecule has 0 spiro atoms. The molecular formula is C18H19ClN2O3. The van der Waals surface area contributed by atoms with Crippen LogP contribution >= 0.6 is 11.6 Å². The number of ether oxygens (including phenoxy) is 1. The lowest BCUT2D eigenvalue weighted by atomic mass is 9.99. The lowest BCUT2D eigenvalue weighted by Gasteiger charge is -2.10. The number of hydrogen-bond acceptors (Lipinski definition) is 4. The molecular weight excluding hydrogens is 328 g/mol. The molecule has 2 rings (SSSR count). The fourth-order valence-corrected chi connectivity index (χ4v) is 2.15. The molecule has 0 aliphatic rings. The van der Waals surface area contributed by atoms with E-state index in [4.69, 9.17) is 16.3 Å². The zero-order valence-electron chi connectivity index (χ0n) is 13.6. The minimum atomic E-state index is -0.624. The standard InChI is InChI=1S/C18H19ClN2O3/c1-3-12(2)13-4-7-15(8-5-13)21-17(22)11-24-18(23)14-6-9-16(19)20-10-14/h4-10,12H,3,11H2,1-2H3,(H,21,22)/t12-/m0/s1. The number of carbonyl (C=O) groups excluding carboxylic acids is 2. The summed E-state index contributed by atoms with van der Waals surface area (Å²) in [5.41, 5.74) is 2.12. The normalized spacial score (nSPS) is 11.6. The van der Waals surface area contributed by atoms with Crippen LogP contribution in [0.4, 0.5) is 5.69 Å². The minimum Gasteiger partial charge on any atom is -0.452 e. The first-order valence-corrected chi connectivity index (χ1v) is 8.06. The zero-order valence-corrected chi connectivity index (χ0v) is 14.3. The number of aromatic nitrogens is 1. The Morgan fingerprint density at radius 2 is 1.92 bits per heavy atom. The first-order valence-electron chi connectivity index (χ1n) is 7.68. The molecule has 1 atom stereocenters. The largest absolute Gasteiger partial charge is 0.452 e. The highest BCUT2D eigenvalue weighted by Crippen LogP contribution is 2.20. The zero-order chi connectivity index (χ0) is 17.5. The van der Waals surface area contributed by atoms with Crippen molar-refractivity contribution in [2.75, 3.05) is 11.9 Å². The lowest BCUT2D eigenvalue weighted by Crippen LogP contribution is -2.21. The van der Waals surface area contributed by atoms with Gasteiger partial charge in [0.15, 0.2) is 6.61 Å². The third kappa shape index (κ3) is 5.06. The Labute approximate surface area is 146 Å². The Kier molecular flexibility index (Phi) is 6.32. The molecule has 0 saturated heterocycles. The van der Waals surface area contributed by atoms with E-state index in [0.29, 0.717) is 11.6 Å². The van der Waals surface area contributed by atoms with E-state index in [1.807, 2.05) is 24.3 Å². The van der Waals surface area contributed by atoms with E-state index in [2.05, 4.69) is 24.1 Å². The second-order valence-corrected chi connectivity index (χ2v) is 5.81. The topological polar surface area (TPSA) is 68.3 Å². The first kappa shape index (κ1) is 17.9. The summed E-state index contributed by atoms with van der Waals surface area (Å²) in [6.07, 6.45) is 2.36. The average molecular weight is 347 g/mol. The molecule has 0 fully saturated rings. The van der Waals surface area contributed by atoms with E-state index in [-0.39, 0.29) is 17.3 Å². The summed E-state index contributed by atoms with van der Waals surface area (Å²) in [7, 11) is 0. The van der Waals surface area contributed by atoms with Gasteiger partial charge in [0.2, 0.25) is 0 Å². The SMILES string of the molecule is CC[C@H](C)c1ccc(NC(=O)COC(=O)c2ccc(Cl)nc2)cc1. The van der Waals surface area contributed by atoms with Gasteiger partial charge in [0.25, 0.3) is 5.91 Å². The van der Waals surface area contributed by atoms with E-state index in [9.17, 15) is 9.59 Å². The third-order valence-electron chi connectivity index (χ3n) is 3.67. The molecule has 0 aliphatic heterocycles. The molecule has 2 aromatic rings. The van der Waals surface area contributed by atoms with Gasteiger partial charge in [-0.25, -0.2) is 9.78 Å². The van der Waals surface area contributed by atoms with Crippen LogP contribution < -0.4 is 5.32 Å². The average Bonchev–Trinajstić information content (AvgIpc) is 2.60. The second kappa shape index (κ2) is 8.45. The molecule has 1 aromatic carbocycles. The molecule has 24 heavy (non-hydrogen) atoms. The lowest BCUT2D eigenvalue weighted by molar-refractivity contribution is -0.119. The van der Waals surface area contributed by atoms with Crippen molar-refractivity contribution in [3.8, 4) is 0 Å². The van der Waals surface area contributed by atoms with Crippen molar-refractivity contribution in [3.63, 3.8) is 0 Å². The Balaban J connectivity index is 1.84. The van der Waals surface area contributed by atoms with Gasteiger partial charge in [0.1, 0.15) is 5.15 Å². The Bertz CT molecular complexity index is 699. The summed E-state index contributed by atoms with van der Waals surface area (Å²) in [6.45, 7) is 3.91. The van der Waals surface area contributed by atoms with E-state index in [0.717, 1.165) is 6.42 Å². The van der Waals surface area contributed by atoms with Gasteiger partial charge in [-0.15, -0.1) is 0 Å². The Hall–Kier alpha value is -2.40. The Morgan fingerprint density at radius 1 is 1.21 bits per heavy atom. The Morgan fingerprint density at radius 3 is 2.50 bits per heavy atom. The van der Waals surface area contributed by atoms with Crippen LogP contribution in [0.1, 0.15) is 42.1 Å². The predicted octanol–water partition coefficient (Wildman–Crippen LogP) is 4.04. The van der Waals surface area contributed by atoms with E-state index in [1.165, 1.54) is 23.9 Å². The molecule has 0 radical (unpaired) electrons. The van der Waals surface area contributed by atoms with Crippen molar-refractivity contribution in [1.82, 2.24) is 4.98 Å². The number of amides is 1. The predicted molar refractivity (Wildman–Crippen MR) is 93.3 cm³/mol. The summed E-state index contributed by atoms with van der Waals surface area (Å²) < 4.78 is 4.95. The molecule has 1 aromatic heterocycles. The molecule has 1 heterocycles. The number of benzene rings is 1. The number of anilines is 1. The van der Waals surface area contributed by atoms with Gasteiger partial charge in [0.05, 0.1) is 5.56 Å². The fourth-order valence-electron chi connectivity index (χ4n) is 2.04. The molecule has 0 bridgehead atoms. The van der Waals surface area contributed by atoms with E-state index in [1.54, 1.807) is 0 Å². The number of esters is 1. The number of halogens is 1. The summed E-state index contributed by atoms with van der Waals surface area (Å²) in [4.78, 5) is 27.4. The number of rotatable bonds is 6. The van der Waals surface area contributed by atoms with Gasteiger partial charge in [-0.05, 0) is 42.2 Å². The monoisotopic (exact) mass is 346 g/mol. The van der Waals surface area contributed by atoms with E-state index >= 15 is 0 Å². The summed E-state index contributed by atoms with van der Waals surface area (Å²) in [5, 5.41) is 2.97. The summed E-state index contributed by atoms with van der Waals surface area (Å²) in [5.74, 6) is -0.549. The molecule has 0 saturated carbocycles. The number of carbonyl (C=O) groups is 2. The molecule has 0 aliphatic carbocycles. The maximum absolute atomic E-state index is 11.9. The first-order chi connectivity index (χ1) is 11.5. The van der Waals surface area contributed by atoms with Gasteiger partial charge in [0, 0.05) is 11.9 Å². The maximum Gasteiger partial charge on any atom is 0.340 e. The van der Waals surface area contributed by atoms with Crippen LogP contribution in [0, 0.1) is 0 Å². The third-order valence-corrected chi connectivity index (χ3v) is 3.90. The summed E-state index contributed by atoms with van der Waals surface area (Å²) >= 11 is 5.65. The van der Waals surface area contributed by atoms with Crippen LogP contribution in [0.25, 0.3) is 0 Å². The quantitative estimate of drug-likeness (QED) is 0.633. The van der Waals surface area contributed by atoms with Crippen LogP contribution in [-0.4, -0.2) is 23.5 Å². The summed E-state index contributed by atoms with van der Waals surface area (Å²) in [6, 6.07) is 10.6. The molecule has 1 amide bonds. The van der Waals surface area contributed by atoms with Crippen molar-refractivity contribution in [3.05, 3.63) is 58.9 Å². The van der Waals surface area contributed by atoms with Crippen LogP contribution in [0.2, 0.25) is 5.15 Å². The molecule has 6 heteroatoms. The van der Waals surface area contributed by atoms with Crippen LogP contribution in [0.5, 0.6) is 0 Å². The van der Waals surface area contributed by atoms with Crippen molar-refractivity contribution in [1.29, 1.82) is 0 Å². The van der Waals surface area contributed by atoms with Crippen molar-refractivity contribution in [2.45, 2.75) is 26.2 Å². The van der Waals surface area contributed by atoms with Crippen LogP contribution in [-0.2, 0) is 9.53 Å². The highest BCUT2D eigenvalue weighted by Gasteiger charge is 2.11. The highest BCUT2D eigenvalue weighted by atomic mass is 35.5. The highest BCUT2D eigenvalue weighted by molar-refractivity contribution is 6.29. The molecule has 5 nitrogen and oxygen atoms in total. The molecule has 1 N–H and O–H groups in total. The number of nitrogens with one attached hydrogen (secondary N) is 1. The number of hydrogen-bond donors (Lipinski definition) is 1. The van der Waals surface area contributed by atoms with Crippen LogP contribution in [0.15, 0.2) is 42.6 Å². The molecule has 0 unspecified atom stereocenters. The number of nitrogens with zero attached hydrogens (tertiary/aromatic N) is 1. The van der Waals surface area contributed by atoms with Gasteiger partial charge < -0.3 is 10.1 Å². The van der Waals surface area contributed by atoms with Gasteiger partial charge in [-0.1, -0.05) is 37.6 Å². The second-order valence-electron chi connectivity index (χ2n) is 5.43. The molecule has 126 valence electrons. The fraction of sp³-hybridized carbons (Fsp3) is 0.278. The maximum atomic E-state index is 11.9. The van der Waals surface area contributed by atoms with Gasteiger partial charge in [-0.2, -0.15) is 0 Å². The van der Waals surface area contributed by atoms with Crippen LogP contribution in [0.3, 0.4) is 0 Å². The van der Waals surface area contributed by atoms with Crippen molar-refractivity contribution in [2.24, 2.45) is 0 Å². The van der Waals surface area contributed by atoms with Gasteiger partial charge in [-0.3, -0.25) is 4.79 Å². The van der Waals surface area contributed by atoms with Crippen molar-refractivity contribution >= 4 is 29.2 Å². The minimum absolute atomic E-state index is 0.241. The van der Waals surface area contributed by atoms with Crippen molar-refractivity contribution < 1.29 is 14.3 Å².